The summed E-state index contributed by atoms with van der Waals surface area (Å²) in [5, 5.41) is 0.823. The van der Waals surface area contributed by atoms with Gasteiger partial charge in [0.25, 0.3) is 0 Å². The maximum atomic E-state index is 13.1. The van der Waals surface area contributed by atoms with E-state index in [0.717, 1.165) is 20.8 Å². The third-order valence-corrected chi connectivity index (χ3v) is 3.59. The molecule has 3 rings (SSSR count). The summed E-state index contributed by atoms with van der Waals surface area (Å²) >= 11 is 1.45. The zero-order valence-electron chi connectivity index (χ0n) is 8.85. The molecule has 0 bridgehead atoms. The fraction of sp³-hybridized carbons (Fsp3) is 0. The van der Waals surface area contributed by atoms with Crippen LogP contribution in [0.25, 0.3) is 20.8 Å². The Morgan fingerprint density at radius 1 is 1.12 bits per heavy atom. The van der Waals surface area contributed by atoms with Crippen molar-refractivity contribution in [1.82, 2.24) is 4.98 Å². The fourth-order valence-electron chi connectivity index (χ4n) is 1.71. The van der Waals surface area contributed by atoms with Crippen LogP contribution in [0.1, 0.15) is 0 Å². The smallest absolute Gasteiger partial charge is 0.126 e. The molecule has 0 saturated heterocycles. The van der Waals surface area contributed by atoms with Gasteiger partial charge < -0.3 is 5.73 Å². The van der Waals surface area contributed by atoms with Crippen LogP contribution in [0, 0.1) is 5.82 Å². The van der Waals surface area contributed by atoms with Crippen LogP contribution in [0.3, 0.4) is 0 Å². The van der Waals surface area contributed by atoms with Gasteiger partial charge in [0.2, 0.25) is 0 Å². The predicted molar refractivity (Wildman–Crippen MR) is 69.4 cm³/mol. The van der Waals surface area contributed by atoms with Gasteiger partial charge in [-0.15, -0.1) is 11.3 Å². The molecule has 0 saturated carbocycles. The van der Waals surface area contributed by atoms with Gasteiger partial charge in [-0.05, 0) is 30.3 Å². The summed E-state index contributed by atoms with van der Waals surface area (Å²) in [5.74, 6) is -0.242. The van der Waals surface area contributed by atoms with Gasteiger partial charge in [0.05, 0.1) is 10.2 Å². The molecule has 0 radical (unpaired) electrons. The minimum Gasteiger partial charge on any atom is -0.398 e. The molecule has 84 valence electrons. The quantitative estimate of drug-likeness (QED) is 0.663. The van der Waals surface area contributed by atoms with Crippen LogP contribution >= 0.6 is 11.3 Å². The number of rotatable bonds is 1. The van der Waals surface area contributed by atoms with E-state index in [9.17, 15) is 4.39 Å². The van der Waals surface area contributed by atoms with Crippen LogP contribution in [0.2, 0.25) is 0 Å². The zero-order valence-corrected chi connectivity index (χ0v) is 9.67. The van der Waals surface area contributed by atoms with Crippen molar-refractivity contribution in [2.75, 3.05) is 5.73 Å². The van der Waals surface area contributed by atoms with Gasteiger partial charge in [-0.25, -0.2) is 9.37 Å². The summed E-state index contributed by atoms with van der Waals surface area (Å²) in [4.78, 5) is 4.46. The van der Waals surface area contributed by atoms with Crippen LogP contribution in [-0.2, 0) is 0 Å². The number of thiazole rings is 1. The highest BCUT2D eigenvalue weighted by molar-refractivity contribution is 7.21. The highest BCUT2D eigenvalue weighted by atomic mass is 32.1. The second kappa shape index (κ2) is 3.82. The molecule has 0 atom stereocenters. The Hall–Kier alpha value is -1.94. The summed E-state index contributed by atoms with van der Waals surface area (Å²) < 4.78 is 13.9. The first-order valence-electron chi connectivity index (χ1n) is 5.15. The molecule has 2 N–H and O–H groups in total. The predicted octanol–water partition coefficient (Wildman–Crippen LogP) is 3.68. The number of nitrogen functional groups attached to an aromatic ring is 1. The van der Waals surface area contributed by atoms with Gasteiger partial charge in [0.15, 0.2) is 0 Å². The maximum Gasteiger partial charge on any atom is 0.126 e. The molecular weight excluding hydrogens is 235 g/mol. The first-order valence-corrected chi connectivity index (χ1v) is 5.96. The second-order valence-electron chi connectivity index (χ2n) is 3.72. The molecule has 3 aromatic rings. The van der Waals surface area contributed by atoms with Gasteiger partial charge in [-0.1, -0.05) is 12.1 Å². The third kappa shape index (κ3) is 1.76. The number of hydrogen-bond donors (Lipinski definition) is 1. The van der Waals surface area contributed by atoms with Crippen molar-refractivity contribution in [2.45, 2.75) is 0 Å². The lowest BCUT2D eigenvalue weighted by Crippen LogP contribution is -1.87. The highest BCUT2D eigenvalue weighted by Crippen LogP contribution is 2.33. The normalized spacial score (nSPS) is 10.9. The van der Waals surface area contributed by atoms with Crippen LogP contribution < -0.4 is 5.73 Å². The number of benzene rings is 2. The summed E-state index contributed by atoms with van der Waals surface area (Å²) in [6.45, 7) is 0. The minimum absolute atomic E-state index is 0.242. The summed E-state index contributed by atoms with van der Waals surface area (Å²) in [5.41, 5.74) is 8.28. The number of halogens is 1. The van der Waals surface area contributed by atoms with Crippen LogP contribution in [-0.4, -0.2) is 4.98 Å². The van der Waals surface area contributed by atoms with E-state index < -0.39 is 0 Å². The first kappa shape index (κ1) is 10.2. The Morgan fingerprint density at radius 3 is 2.76 bits per heavy atom. The standard InChI is InChI=1S/C13H9FN2S/c14-8-5-6-11-12(7-8)17-13(16-11)9-3-1-2-4-10(9)15/h1-7H,15H2. The topological polar surface area (TPSA) is 38.9 Å². The first-order chi connectivity index (χ1) is 8.24. The molecule has 17 heavy (non-hydrogen) atoms. The maximum absolute atomic E-state index is 13.1. The summed E-state index contributed by atoms with van der Waals surface area (Å²) in [6, 6.07) is 12.1. The minimum atomic E-state index is -0.242. The molecule has 0 aliphatic heterocycles. The number of hydrogen-bond acceptors (Lipinski definition) is 3. The summed E-state index contributed by atoms with van der Waals surface area (Å²) in [7, 11) is 0. The molecule has 4 heteroatoms. The monoisotopic (exact) mass is 244 g/mol. The molecular formula is C13H9FN2S. The molecule has 0 unspecified atom stereocenters. The van der Waals surface area contributed by atoms with Gasteiger partial charge in [-0.3, -0.25) is 0 Å². The largest absolute Gasteiger partial charge is 0.398 e. The van der Waals surface area contributed by atoms with Crippen molar-refractivity contribution < 1.29 is 4.39 Å². The van der Waals surface area contributed by atoms with Gasteiger partial charge in [0.1, 0.15) is 10.8 Å². The van der Waals surface area contributed by atoms with Gasteiger partial charge in [-0.2, -0.15) is 0 Å². The molecule has 1 aromatic heterocycles. The molecule has 0 aliphatic rings. The fourth-order valence-corrected chi connectivity index (χ4v) is 2.74. The van der Waals surface area contributed by atoms with E-state index in [0.29, 0.717) is 5.69 Å². The van der Waals surface area contributed by atoms with E-state index in [-0.39, 0.29) is 5.82 Å². The van der Waals surface area contributed by atoms with Crippen molar-refractivity contribution in [3.05, 3.63) is 48.3 Å². The van der Waals surface area contributed by atoms with Crippen molar-refractivity contribution in [3.8, 4) is 10.6 Å². The van der Waals surface area contributed by atoms with E-state index in [1.807, 2.05) is 24.3 Å². The van der Waals surface area contributed by atoms with Crippen molar-refractivity contribution >= 4 is 27.2 Å². The number of nitrogens with zero attached hydrogens (tertiary/aromatic N) is 1. The number of aromatic nitrogens is 1. The average molecular weight is 244 g/mol. The molecule has 2 nitrogen and oxygen atoms in total. The van der Waals surface area contributed by atoms with Crippen LogP contribution in [0.4, 0.5) is 10.1 Å². The Balaban J connectivity index is 2.22. The van der Waals surface area contributed by atoms with E-state index in [4.69, 9.17) is 5.73 Å². The SMILES string of the molecule is Nc1ccccc1-c1nc2ccc(F)cc2s1. The second-order valence-corrected chi connectivity index (χ2v) is 4.75. The van der Waals surface area contributed by atoms with E-state index in [1.54, 1.807) is 6.07 Å². The number of nitrogens with two attached hydrogens (primary N) is 1. The Morgan fingerprint density at radius 2 is 1.94 bits per heavy atom. The highest BCUT2D eigenvalue weighted by Gasteiger charge is 2.08. The molecule has 0 amide bonds. The lowest BCUT2D eigenvalue weighted by molar-refractivity contribution is 0.630. The molecule has 0 fully saturated rings. The van der Waals surface area contributed by atoms with Crippen LogP contribution in [0.15, 0.2) is 42.5 Å². The van der Waals surface area contributed by atoms with Gasteiger partial charge >= 0.3 is 0 Å². The van der Waals surface area contributed by atoms with E-state index in [1.165, 1.54) is 23.5 Å². The van der Waals surface area contributed by atoms with E-state index in [2.05, 4.69) is 4.98 Å². The Labute approximate surface area is 102 Å². The van der Waals surface area contributed by atoms with Crippen molar-refractivity contribution in [1.29, 1.82) is 0 Å². The lowest BCUT2D eigenvalue weighted by Gasteiger charge is -1.99. The van der Waals surface area contributed by atoms with E-state index >= 15 is 0 Å². The van der Waals surface area contributed by atoms with Crippen molar-refractivity contribution in [2.24, 2.45) is 0 Å². The van der Waals surface area contributed by atoms with Gasteiger partial charge in [0, 0.05) is 11.3 Å². The molecule has 1 heterocycles. The molecule has 2 aromatic carbocycles. The summed E-state index contributed by atoms with van der Waals surface area (Å²) in [6.07, 6.45) is 0. The lowest BCUT2D eigenvalue weighted by atomic mass is 10.2. The Kier molecular flexibility index (Phi) is 2.30. The average Bonchev–Trinajstić information content (AvgIpc) is 2.72. The number of para-hydroxylation sites is 1. The molecule has 0 spiro atoms. The zero-order chi connectivity index (χ0) is 11.8. The number of fused-ring (bicyclic) bond motifs is 1. The third-order valence-electron chi connectivity index (χ3n) is 2.54. The van der Waals surface area contributed by atoms with Crippen LogP contribution in [0.5, 0.6) is 0 Å². The Bertz CT molecular complexity index is 691. The number of anilines is 1. The molecule has 0 aliphatic carbocycles. The van der Waals surface area contributed by atoms with Crippen molar-refractivity contribution in [3.63, 3.8) is 0 Å².